The van der Waals surface area contributed by atoms with Crippen LogP contribution in [0, 0.1) is 16.4 Å². The molecule has 4 nitrogen and oxygen atoms in total. The van der Waals surface area contributed by atoms with E-state index in [-0.39, 0.29) is 11.7 Å². The lowest BCUT2D eigenvalue weighted by molar-refractivity contribution is 0.0600. The van der Waals surface area contributed by atoms with Crippen LogP contribution in [0.1, 0.15) is 45.3 Å². The highest BCUT2D eigenvalue weighted by atomic mass is 127. The molecule has 1 N–H and O–H groups in total. The molecule has 1 atom stereocenters. The van der Waals surface area contributed by atoms with Gasteiger partial charge in [0.1, 0.15) is 10.8 Å². The number of carbonyl (C=O) groups excluding carboxylic acids is 1. The Balaban J connectivity index is 2.04. The molecule has 0 fully saturated rings. The van der Waals surface area contributed by atoms with Crippen molar-refractivity contribution < 1.29 is 14.6 Å². The van der Waals surface area contributed by atoms with Crippen molar-refractivity contribution in [2.75, 3.05) is 7.11 Å². The van der Waals surface area contributed by atoms with Crippen LogP contribution in [0.4, 0.5) is 5.00 Å². The summed E-state index contributed by atoms with van der Waals surface area (Å²) in [4.78, 5) is 18.1. The number of thiophene rings is 1. The van der Waals surface area contributed by atoms with E-state index in [1.165, 1.54) is 12.0 Å². The summed E-state index contributed by atoms with van der Waals surface area (Å²) in [5.41, 5.74) is 3.14. The van der Waals surface area contributed by atoms with Crippen LogP contribution in [0.2, 0.25) is 0 Å². The second-order valence-electron chi connectivity index (χ2n) is 6.44. The second-order valence-corrected chi connectivity index (χ2v) is 8.77. The number of nitrogens with zero attached hydrogens (tertiary/aromatic N) is 1. The van der Waals surface area contributed by atoms with Crippen molar-refractivity contribution in [3.8, 4) is 5.75 Å². The first kappa shape index (κ1) is 18.4. The number of hydrogen-bond acceptors (Lipinski definition) is 5. The molecule has 0 amide bonds. The molecule has 1 aliphatic rings. The third-order valence-electron chi connectivity index (χ3n) is 4.50. The second kappa shape index (κ2) is 7.45. The van der Waals surface area contributed by atoms with Crippen molar-refractivity contribution in [3.05, 3.63) is 42.8 Å². The van der Waals surface area contributed by atoms with E-state index < -0.39 is 0 Å². The van der Waals surface area contributed by atoms with Crippen molar-refractivity contribution >= 4 is 51.1 Å². The van der Waals surface area contributed by atoms with Gasteiger partial charge in [-0.25, -0.2) is 9.79 Å². The highest BCUT2D eigenvalue weighted by Crippen LogP contribution is 2.41. The number of hydrogen-bond donors (Lipinski definition) is 1. The molecule has 2 aromatic rings. The van der Waals surface area contributed by atoms with E-state index in [4.69, 9.17) is 4.74 Å². The molecule has 1 aromatic carbocycles. The maximum Gasteiger partial charge on any atom is 0.341 e. The molecule has 0 radical (unpaired) electrons. The zero-order valence-corrected chi connectivity index (χ0v) is 17.4. The molecular formula is C19H20INO3S. The number of methoxy groups -OCH3 is 1. The molecule has 0 aliphatic heterocycles. The average Bonchev–Trinajstić information content (AvgIpc) is 2.93. The smallest absolute Gasteiger partial charge is 0.341 e. The Morgan fingerprint density at radius 2 is 2.24 bits per heavy atom. The first-order valence-electron chi connectivity index (χ1n) is 8.16. The molecule has 0 spiro atoms. The van der Waals surface area contributed by atoms with Gasteiger partial charge in [-0.2, -0.15) is 0 Å². The lowest BCUT2D eigenvalue weighted by atomic mass is 9.88. The van der Waals surface area contributed by atoms with Crippen molar-refractivity contribution in [3.63, 3.8) is 0 Å². The largest absolute Gasteiger partial charge is 0.507 e. The van der Waals surface area contributed by atoms with Gasteiger partial charge in [0.05, 0.1) is 12.7 Å². The Hall–Kier alpha value is -1.41. The number of halogens is 1. The molecule has 0 saturated carbocycles. The third-order valence-corrected chi connectivity index (χ3v) is 6.28. The number of aliphatic imine (C=N–C) groups is 1. The number of aromatic hydroxyl groups is 1. The third kappa shape index (κ3) is 3.74. The van der Waals surface area contributed by atoms with Crippen LogP contribution in [0.3, 0.4) is 0 Å². The highest BCUT2D eigenvalue weighted by Gasteiger charge is 2.27. The van der Waals surface area contributed by atoms with E-state index in [9.17, 15) is 9.90 Å². The molecule has 1 aromatic heterocycles. The molecule has 25 heavy (non-hydrogen) atoms. The van der Waals surface area contributed by atoms with E-state index in [0.29, 0.717) is 22.0 Å². The summed E-state index contributed by atoms with van der Waals surface area (Å²) < 4.78 is 6.01. The number of esters is 1. The van der Waals surface area contributed by atoms with Gasteiger partial charge < -0.3 is 9.84 Å². The number of fused-ring (bicyclic) bond motifs is 1. The van der Waals surface area contributed by atoms with Crippen LogP contribution < -0.4 is 0 Å². The molecular weight excluding hydrogens is 449 g/mol. The first-order chi connectivity index (χ1) is 11.9. The SMILES string of the molecule is COC(=O)c1c(N=Cc2cc(I)cc(C)c2O)sc2c1CC[C@@H](C)C2. The number of phenols is 1. The highest BCUT2D eigenvalue weighted by molar-refractivity contribution is 14.1. The van der Waals surface area contributed by atoms with E-state index >= 15 is 0 Å². The number of phenolic OH excluding ortho intramolecular Hbond substituents is 1. The van der Waals surface area contributed by atoms with Gasteiger partial charge in [0.15, 0.2) is 0 Å². The average molecular weight is 469 g/mol. The van der Waals surface area contributed by atoms with Crippen LogP contribution in [0.5, 0.6) is 5.75 Å². The molecule has 1 aliphatic carbocycles. The van der Waals surface area contributed by atoms with E-state index in [1.54, 1.807) is 17.6 Å². The van der Waals surface area contributed by atoms with Crippen LogP contribution in [-0.2, 0) is 17.6 Å². The molecule has 0 saturated heterocycles. The van der Waals surface area contributed by atoms with Gasteiger partial charge in [0.25, 0.3) is 0 Å². The summed E-state index contributed by atoms with van der Waals surface area (Å²) in [7, 11) is 1.40. The maximum absolute atomic E-state index is 12.3. The quantitative estimate of drug-likeness (QED) is 0.390. The number of aryl methyl sites for hydroxylation is 1. The van der Waals surface area contributed by atoms with Gasteiger partial charge in [0, 0.05) is 20.2 Å². The van der Waals surface area contributed by atoms with E-state index in [2.05, 4.69) is 34.5 Å². The fourth-order valence-electron chi connectivity index (χ4n) is 3.13. The fourth-order valence-corrected chi connectivity index (χ4v) is 5.27. The Bertz CT molecular complexity index is 857. The zero-order chi connectivity index (χ0) is 18.1. The number of ether oxygens (including phenoxy) is 1. The van der Waals surface area contributed by atoms with E-state index in [1.807, 2.05) is 19.1 Å². The van der Waals surface area contributed by atoms with Gasteiger partial charge in [0.2, 0.25) is 0 Å². The van der Waals surface area contributed by atoms with Crippen molar-refractivity contribution in [2.45, 2.75) is 33.1 Å². The summed E-state index contributed by atoms with van der Waals surface area (Å²) in [5, 5.41) is 10.9. The first-order valence-corrected chi connectivity index (χ1v) is 10.1. The van der Waals surface area contributed by atoms with Gasteiger partial charge in [-0.05, 0) is 78.0 Å². The lowest BCUT2D eigenvalue weighted by Crippen LogP contribution is -2.12. The number of rotatable bonds is 3. The topological polar surface area (TPSA) is 58.9 Å². The Kier molecular flexibility index (Phi) is 5.48. The predicted molar refractivity (Wildman–Crippen MR) is 110 cm³/mol. The Labute approximate surface area is 165 Å². The zero-order valence-electron chi connectivity index (χ0n) is 14.4. The fraction of sp³-hybridized carbons (Fsp3) is 0.368. The maximum atomic E-state index is 12.3. The minimum atomic E-state index is -0.331. The normalized spacial score (nSPS) is 16.9. The van der Waals surface area contributed by atoms with Crippen molar-refractivity contribution in [2.24, 2.45) is 10.9 Å². The van der Waals surface area contributed by atoms with Crippen molar-refractivity contribution in [1.82, 2.24) is 0 Å². The van der Waals surface area contributed by atoms with Crippen LogP contribution >= 0.6 is 33.9 Å². The summed E-state index contributed by atoms with van der Waals surface area (Å²) in [6, 6.07) is 3.79. The predicted octanol–water partition coefficient (Wildman–Crippen LogP) is 5.03. The number of carbonyl (C=O) groups is 1. The van der Waals surface area contributed by atoms with Gasteiger partial charge >= 0.3 is 5.97 Å². The minimum Gasteiger partial charge on any atom is -0.507 e. The molecule has 6 heteroatoms. The minimum absolute atomic E-state index is 0.221. The molecule has 1 heterocycles. The Morgan fingerprint density at radius 3 is 2.96 bits per heavy atom. The lowest BCUT2D eigenvalue weighted by Gasteiger charge is -2.18. The van der Waals surface area contributed by atoms with Crippen LogP contribution in [0.15, 0.2) is 17.1 Å². The summed E-state index contributed by atoms with van der Waals surface area (Å²) in [6.07, 6.45) is 4.58. The molecule has 0 bridgehead atoms. The van der Waals surface area contributed by atoms with Crippen LogP contribution in [0.25, 0.3) is 0 Å². The van der Waals surface area contributed by atoms with Gasteiger partial charge in [-0.3, -0.25) is 0 Å². The monoisotopic (exact) mass is 469 g/mol. The molecule has 3 rings (SSSR count). The summed E-state index contributed by atoms with van der Waals surface area (Å²) in [6.45, 7) is 4.09. The Morgan fingerprint density at radius 1 is 1.48 bits per heavy atom. The molecule has 0 unspecified atom stereocenters. The van der Waals surface area contributed by atoms with Crippen LogP contribution in [-0.4, -0.2) is 24.4 Å². The molecule has 132 valence electrons. The number of benzene rings is 1. The summed E-state index contributed by atoms with van der Waals surface area (Å²) in [5.74, 6) is 0.511. The standard InChI is InChI=1S/C19H20INO3S/c1-10-4-5-14-15(6-10)25-18(16(14)19(23)24-3)21-9-12-8-13(20)7-11(2)17(12)22/h7-10,22H,4-6H2,1-3H3/t10-/m1/s1. The van der Waals surface area contributed by atoms with E-state index in [0.717, 1.165) is 34.0 Å². The van der Waals surface area contributed by atoms with Gasteiger partial charge in [-0.15, -0.1) is 11.3 Å². The van der Waals surface area contributed by atoms with Gasteiger partial charge in [-0.1, -0.05) is 6.92 Å². The summed E-state index contributed by atoms with van der Waals surface area (Å²) >= 11 is 3.77. The van der Waals surface area contributed by atoms with Crippen molar-refractivity contribution in [1.29, 1.82) is 0 Å².